The molecule has 0 fully saturated rings. The summed E-state index contributed by atoms with van der Waals surface area (Å²) in [4.78, 5) is 13.1. The van der Waals surface area contributed by atoms with Crippen molar-refractivity contribution in [3.05, 3.63) is 29.3 Å². The summed E-state index contributed by atoms with van der Waals surface area (Å²) in [6, 6.07) is 7.00. The van der Waals surface area contributed by atoms with Crippen LogP contribution in [0.25, 0.3) is 0 Å². The average molecular weight is 201 g/mol. The molecule has 1 aliphatic heterocycles. The maximum absolute atomic E-state index is 11.7. The van der Waals surface area contributed by atoms with Crippen molar-refractivity contribution < 1.29 is 4.79 Å². The molecule has 2 N–H and O–H groups in total. The summed E-state index contributed by atoms with van der Waals surface area (Å²) >= 11 is 0. The van der Waals surface area contributed by atoms with Gasteiger partial charge in [-0.25, -0.2) is 0 Å². The maximum atomic E-state index is 11.7. The number of hydrogen-bond donors (Lipinski definition) is 1. The summed E-state index contributed by atoms with van der Waals surface area (Å²) < 4.78 is 0. The first-order valence-electron chi connectivity index (χ1n) is 4.69. The van der Waals surface area contributed by atoms with Crippen LogP contribution in [0.5, 0.6) is 0 Å². The van der Waals surface area contributed by atoms with Crippen LogP contribution in [0.1, 0.15) is 17.2 Å². The molecule has 4 nitrogen and oxygen atoms in total. The molecule has 1 atom stereocenters. The summed E-state index contributed by atoms with van der Waals surface area (Å²) in [6.45, 7) is 2.01. The molecule has 0 bridgehead atoms. The molecule has 1 amide bonds. The van der Waals surface area contributed by atoms with Gasteiger partial charge in [0, 0.05) is 5.56 Å². The number of aryl methyl sites for hydroxylation is 1. The first kappa shape index (κ1) is 9.69. The number of nitriles is 1. The van der Waals surface area contributed by atoms with Gasteiger partial charge in [0.2, 0.25) is 5.91 Å². The highest BCUT2D eigenvalue weighted by Gasteiger charge is 2.34. The van der Waals surface area contributed by atoms with Crippen molar-refractivity contribution in [3.63, 3.8) is 0 Å². The van der Waals surface area contributed by atoms with E-state index >= 15 is 0 Å². The lowest BCUT2D eigenvalue weighted by atomic mass is 10.1. The van der Waals surface area contributed by atoms with E-state index in [1.165, 1.54) is 4.90 Å². The number of benzene rings is 1. The fourth-order valence-electron chi connectivity index (χ4n) is 1.82. The molecule has 15 heavy (non-hydrogen) atoms. The third kappa shape index (κ3) is 1.37. The van der Waals surface area contributed by atoms with Gasteiger partial charge in [0.05, 0.1) is 11.8 Å². The van der Waals surface area contributed by atoms with E-state index in [2.05, 4.69) is 0 Å². The lowest BCUT2D eigenvalue weighted by Gasteiger charge is -2.12. The highest BCUT2D eigenvalue weighted by atomic mass is 16.2. The fraction of sp³-hybridized carbons (Fsp3) is 0.273. The Hall–Kier alpha value is -1.86. The van der Waals surface area contributed by atoms with E-state index < -0.39 is 6.04 Å². The van der Waals surface area contributed by atoms with Crippen molar-refractivity contribution in [1.29, 1.82) is 5.26 Å². The monoisotopic (exact) mass is 201 g/mol. The molecule has 1 unspecified atom stereocenters. The second-order valence-electron chi connectivity index (χ2n) is 3.62. The largest absolute Gasteiger partial charge is 0.316 e. The lowest BCUT2D eigenvalue weighted by Crippen LogP contribution is -2.31. The highest BCUT2D eigenvalue weighted by molar-refractivity contribution is 6.04. The van der Waals surface area contributed by atoms with Crippen LogP contribution in [0.4, 0.5) is 5.69 Å². The number of nitrogens with zero attached hydrogens (tertiary/aromatic N) is 2. The van der Waals surface area contributed by atoms with Gasteiger partial charge < -0.3 is 5.73 Å². The van der Waals surface area contributed by atoms with Crippen LogP contribution in [-0.2, 0) is 4.79 Å². The Morgan fingerprint density at radius 2 is 2.33 bits per heavy atom. The molecular formula is C11H11N3O. The van der Waals surface area contributed by atoms with Crippen LogP contribution in [0.2, 0.25) is 0 Å². The lowest BCUT2D eigenvalue weighted by molar-refractivity contribution is -0.119. The highest BCUT2D eigenvalue weighted by Crippen LogP contribution is 2.34. The first-order chi connectivity index (χ1) is 7.15. The Bertz CT molecular complexity index is 461. The number of hydrogen-bond acceptors (Lipinski definition) is 3. The summed E-state index contributed by atoms with van der Waals surface area (Å²) in [6.07, 6.45) is 0. The van der Waals surface area contributed by atoms with E-state index in [9.17, 15) is 4.79 Å². The molecular weight excluding hydrogens is 190 g/mol. The van der Waals surface area contributed by atoms with Gasteiger partial charge in [-0.15, -0.1) is 0 Å². The molecule has 0 radical (unpaired) electrons. The topological polar surface area (TPSA) is 70.1 Å². The van der Waals surface area contributed by atoms with E-state index in [0.717, 1.165) is 16.8 Å². The van der Waals surface area contributed by atoms with E-state index in [0.29, 0.717) is 0 Å². The number of carbonyl (C=O) groups is 1. The summed E-state index contributed by atoms with van der Waals surface area (Å²) in [5.41, 5.74) is 8.42. The minimum absolute atomic E-state index is 0.0581. The number of carbonyl (C=O) groups excluding carboxylic acids is 1. The molecule has 0 spiro atoms. The molecule has 76 valence electrons. The zero-order chi connectivity index (χ0) is 11.0. The van der Waals surface area contributed by atoms with Crippen LogP contribution in [0.3, 0.4) is 0 Å². The van der Waals surface area contributed by atoms with E-state index in [1.807, 2.05) is 31.2 Å². The van der Waals surface area contributed by atoms with E-state index in [1.54, 1.807) is 0 Å². The van der Waals surface area contributed by atoms with Gasteiger partial charge in [0.1, 0.15) is 12.6 Å². The van der Waals surface area contributed by atoms with Crippen LogP contribution < -0.4 is 10.6 Å². The van der Waals surface area contributed by atoms with Gasteiger partial charge in [-0.2, -0.15) is 5.26 Å². The van der Waals surface area contributed by atoms with E-state index in [-0.39, 0.29) is 12.5 Å². The Kier molecular flexibility index (Phi) is 2.18. The molecule has 1 aromatic carbocycles. The Morgan fingerprint density at radius 1 is 1.60 bits per heavy atom. The van der Waals surface area contributed by atoms with Crippen molar-refractivity contribution in [2.45, 2.75) is 13.0 Å². The first-order valence-corrected chi connectivity index (χ1v) is 4.69. The number of fused-ring (bicyclic) bond motifs is 1. The molecule has 0 aromatic heterocycles. The smallest absolute Gasteiger partial charge is 0.249 e. The van der Waals surface area contributed by atoms with Gasteiger partial charge in [-0.3, -0.25) is 9.69 Å². The van der Waals surface area contributed by atoms with Crippen LogP contribution >= 0.6 is 0 Å². The number of amides is 1. The second kappa shape index (κ2) is 3.37. The van der Waals surface area contributed by atoms with Crippen molar-refractivity contribution in [2.24, 2.45) is 5.73 Å². The predicted octanol–water partition coefficient (Wildman–Crippen LogP) is 0.865. The van der Waals surface area contributed by atoms with Crippen molar-refractivity contribution in [2.75, 3.05) is 11.4 Å². The van der Waals surface area contributed by atoms with Crippen molar-refractivity contribution >= 4 is 11.6 Å². The summed E-state index contributed by atoms with van der Waals surface area (Å²) in [5, 5.41) is 8.63. The minimum atomic E-state index is -0.617. The molecule has 1 aliphatic rings. The maximum Gasteiger partial charge on any atom is 0.249 e. The van der Waals surface area contributed by atoms with Gasteiger partial charge in [0.15, 0.2) is 0 Å². The fourth-order valence-corrected chi connectivity index (χ4v) is 1.82. The van der Waals surface area contributed by atoms with E-state index in [4.69, 9.17) is 11.0 Å². The van der Waals surface area contributed by atoms with Gasteiger partial charge in [-0.1, -0.05) is 17.7 Å². The zero-order valence-electron chi connectivity index (χ0n) is 8.40. The third-order valence-corrected chi connectivity index (χ3v) is 2.57. The van der Waals surface area contributed by atoms with Crippen molar-refractivity contribution in [1.82, 2.24) is 0 Å². The van der Waals surface area contributed by atoms with Crippen LogP contribution in [0.15, 0.2) is 18.2 Å². The average Bonchev–Trinajstić information content (AvgIpc) is 2.44. The van der Waals surface area contributed by atoms with Crippen molar-refractivity contribution in [3.8, 4) is 6.07 Å². The molecule has 0 saturated heterocycles. The standard InChI is InChI=1S/C11H11N3O/c1-7-2-3-9-8(6-7)10(13)11(15)14(9)5-4-12/h2-3,6,10H,5,13H2,1H3. The summed E-state index contributed by atoms with van der Waals surface area (Å²) in [5.74, 6) is -0.197. The quantitative estimate of drug-likeness (QED) is 0.685. The molecule has 1 aromatic rings. The van der Waals surface area contributed by atoms with Crippen LogP contribution in [0, 0.1) is 18.3 Å². The minimum Gasteiger partial charge on any atom is -0.316 e. The second-order valence-corrected chi connectivity index (χ2v) is 3.62. The predicted molar refractivity (Wildman–Crippen MR) is 56.1 cm³/mol. The Morgan fingerprint density at radius 3 is 3.00 bits per heavy atom. The molecule has 0 aliphatic carbocycles. The molecule has 4 heteroatoms. The van der Waals surface area contributed by atoms with Crippen LogP contribution in [-0.4, -0.2) is 12.5 Å². The summed E-state index contributed by atoms with van der Waals surface area (Å²) in [7, 11) is 0. The third-order valence-electron chi connectivity index (χ3n) is 2.57. The number of rotatable bonds is 1. The SMILES string of the molecule is Cc1ccc2c(c1)C(N)C(=O)N2CC#N. The zero-order valence-corrected chi connectivity index (χ0v) is 8.40. The van der Waals surface area contributed by atoms with Gasteiger partial charge in [0.25, 0.3) is 0 Å². The number of nitrogens with two attached hydrogens (primary N) is 1. The Balaban J connectivity index is 2.51. The molecule has 1 heterocycles. The van der Waals surface area contributed by atoms with Gasteiger partial charge in [-0.05, 0) is 13.0 Å². The normalized spacial score (nSPS) is 18.9. The number of anilines is 1. The Labute approximate surface area is 87.9 Å². The molecule has 0 saturated carbocycles. The molecule has 2 rings (SSSR count). The van der Waals surface area contributed by atoms with Gasteiger partial charge >= 0.3 is 0 Å².